The number of hydrogen-bond acceptors (Lipinski definition) is 3. The number of aromatic nitrogens is 2. The Morgan fingerprint density at radius 1 is 1.42 bits per heavy atom. The van der Waals surface area contributed by atoms with Crippen LogP contribution in [0.1, 0.15) is 11.3 Å². The lowest BCUT2D eigenvalue weighted by molar-refractivity contribution is 0.392. The minimum absolute atomic E-state index is 0.179. The largest absolute Gasteiger partial charge is 0.481 e. The van der Waals surface area contributed by atoms with Gasteiger partial charge in [0.25, 0.3) is 0 Å². The molecular weight excluding hydrogens is 199 g/mol. The monoisotopic (exact) mass is 206 g/mol. The second-order valence-electron chi connectivity index (χ2n) is 2.20. The molecule has 0 N–H and O–H groups in total. The van der Waals surface area contributed by atoms with Gasteiger partial charge >= 0.3 is 0 Å². The molecule has 1 aromatic rings. The highest BCUT2D eigenvalue weighted by Crippen LogP contribution is 2.21. The summed E-state index contributed by atoms with van der Waals surface area (Å²) in [6, 6.07) is 0. The van der Waals surface area contributed by atoms with Crippen LogP contribution in [0.4, 0.5) is 0 Å². The molecule has 0 saturated carbocycles. The quantitative estimate of drug-likeness (QED) is 0.550. The van der Waals surface area contributed by atoms with Crippen LogP contribution < -0.4 is 4.74 Å². The summed E-state index contributed by atoms with van der Waals surface area (Å²) in [6.45, 7) is 1.81. The first kappa shape index (κ1) is 9.55. The number of alkyl halides is 1. The van der Waals surface area contributed by atoms with Gasteiger partial charge in [0.1, 0.15) is 0 Å². The molecule has 0 amide bonds. The van der Waals surface area contributed by atoms with Crippen LogP contribution in [0.3, 0.4) is 0 Å². The van der Waals surface area contributed by atoms with Crippen molar-refractivity contribution >= 4 is 23.2 Å². The minimum atomic E-state index is 0.179. The highest BCUT2D eigenvalue weighted by atomic mass is 35.5. The van der Waals surface area contributed by atoms with Crippen molar-refractivity contribution < 1.29 is 4.74 Å². The molecule has 12 heavy (non-hydrogen) atoms. The van der Waals surface area contributed by atoms with E-state index in [0.29, 0.717) is 11.8 Å². The van der Waals surface area contributed by atoms with Crippen molar-refractivity contribution in [3.63, 3.8) is 0 Å². The van der Waals surface area contributed by atoms with Crippen LogP contribution in [0.5, 0.6) is 5.88 Å². The fraction of sp³-hybridized carbons (Fsp3) is 0.429. The highest BCUT2D eigenvalue weighted by molar-refractivity contribution is 6.28. The Balaban J connectivity index is 3.24. The Morgan fingerprint density at radius 3 is 2.58 bits per heavy atom. The van der Waals surface area contributed by atoms with E-state index in [1.165, 1.54) is 7.11 Å². The molecule has 66 valence electrons. The van der Waals surface area contributed by atoms with Crippen molar-refractivity contribution in [1.29, 1.82) is 0 Å². The molecule has 1 heterocycles. The molecule has 0 aliphatic heterocycles. The fourth-order valence-corrected chi connectivity index (χ4v) is 1.37. The number of rotatable bonds is 2. The van der Waals surface area contributed by atoms with Gasteiger partial charge in [-0.1, -0.05) is 0 Å². The van der Waals surface area contributed by atoms with E-state index in [9.17, 15) is 0 Å². The standard InChI is InChI=1S/C7H8Cl2N2O/c1-4-5(3-8)6(12-2)11-7(9)10-4/h3H2,1-2H3. The van der Waals surface area contributed by atoms with E-state index < -0.39 is 0 Å². The van der Waals surface area contributed by atoms with Gasteiger partial charge in [0.15, 0.2) is 0 Å². The predicted octanol–water partition coefficient (Wildman–Crippen LogP) is 2.19. The van der Waals surface area contributed by atoms with Crippen molar-refractivity contribution in [2.24, 2.45) is 0 Å². The number of ether oxygens (including phenoxy) is 1. The molecule has 1 rings (SSSR count). The Bertz CT molecular complexity index is 291. The maximum atomic E-state index is 5.67. The van der Waals surface area contributed by atoms with Crippen molar-refractivity contribution in [3.05, 3.63) is 16.5 Å². The van der Waals surface area contributed by atoms with Crippen molar-refractivity contribution in [2.75, 3.05) is 7.11 Å². The summed E-state index contributed by atoms with van der Waals surface area (Å²) in [6.07, 6.45) is 0. The van der Waals surface area contributed by atoms with Gasteiger partial charge in [-0.05, 0) is 18.5 Å². The second-order valence-corrected chi connectivity index (χ2v) is 2.80. The van der Waals surface area contributed by atoms with Gasteiger partial charge in [0, 0.05) is 0 Å². The average molecular weight is 207 g/mol. The Kier molecular flexibility index (Phi) is 3.12. The first-order valence-corrected chi connectivity index (χ1v) is 4.23. The van der Waals surface area contributed by atoms with Crippen molar-refractivity contribution in [3.8, 4) is 5.88 Å². The molecule has 0 aliphatic rings. The van der Waals surface area contributed by atoms with Gasteiger partial charge < -0.3 is 4.74 Å². The fourth-order valence-electron chi connectivity index (χ4n) is 0.860. The molecular formula is C7H8Cl2N2O. The lowest BCUT2D eigenvalue weighted by Crippen LogP contribution is -1.99. The van der Waals surface area contributed by atoms with Gasteiger partial charge in [0.05, 0.1) is 24.2 Å². The summed E-state index contributed by atoms with van der Waals surface area (Å²) in [5.41, 5.74) is 1.53. The number of nitrogens with zero attached hydrogens (tertiary/aromatic N) is 2. The Labute approximate surface area is 80.7 Å². The molecule has 0 unspecified atom stereocenters. The van der Waals surface area contributed by atoms with E-state index >= 15 is 0 Å². The predicted molar refractivity (Wildman–Crippen MR) is 47.9 cm³/mol. The summed E-state index contributed by atoms with van der Waals surface area (Å²) in [7, 11) is 1.52. The van der Waals surface area contributed by atoms with Gasteiger partial charge in [-0.25, -0.2) is 4.98 Å². The van der Waals surface area contributed by atoms with Crippen molar-refractivity contribution in [1.82, 2.24) is 9.97 Å². The zero-order chi connectivity index (χ0) is 9.14. The van der Waals surface area contributed by atoms with Gasteiger partial charge in [-0.3, -0.25) is 0 Å². The smallest absolute Gasteiger partial charge is 0.225 e. The first-order chi connectivity index (χ1) is 5.69. The van der Waals surface area contributed by atoms with Gasteiger partial charge in [-0.15, -0.1) is 11.6 Å². The molecule has 3 nitrogen and oxygen atoms in total. The zero-order valence-corrected chi connectivity index (χ0v) is 8.28. The Morgan fingerprint density at radius 2 is 2.08 bits per heavy atom. The lowest BCUT2D eigenvalue weighted by atomic mass is 10.3. The Hall–Kier alpha value is -0.540. The van der Waals surface area contributed by atoms with Crippen LogP contribution in [0.25, 0.3) is 0 Å². The summed E-state index contributed by atoms with van der Waals surface area (Å²) in [5.74, 6) is 0.772. The third-order valence-corrected chi connectivity index (χ3v) is 1.91. The SMILES string of the molecule is COc1nc(Cl)nc(C)c1CCl. The van der Waals surface area contributed by atoms with E-state index in [-0.39, 0.29) is 5.28 Å². The maximum Gasteiger partial charge on any atom is 0.225 e. The number of aryl methyl sites for hydroxylation is 1. The number of methoxy groups -OCH3 is 1. The van der Waals surface area contributed by atoms with E-state index in [4.69, 9.17) is 27.9 Å². The number of halogens is 2. The molecule has 0 aromatic carbocycles. The molecule has 0 bridgehead atoms. The molecule has 0 radical (unpaired) electrons. The molecule has 0 spiro atoms. The van der Waals surface area contributed by atoms with Crippen LogP contribution in [-0.4, -0.2) is 17.1 Å². The van der Waals surface area contributed by atoms with E-state index in [1.54, 1.807) is 0 Å². The maximum absolute atomic E-state index is 5.67. The average Bonchev–Trinajstić information content (AvgIpc) is 2.03. The second kappa shape index (κ2) is 3.92. The van der Waals surface area contributed by atoms with Gasteiger partial charge in [-0.2, -0.15) is 4.98 Å². The number of hydrogen-bond donors (Lipinski definition) is 0. The summed E-state index contributed by atoms with van der Waals surface area (Å²) < 4.78 is 4.98. The molecule has 1 aromatic heterocycles. The summed E-state index contributed by atoms with van der Waals surface area (Å²) >= 11 is 11.3. The minimum Gasteiger partial charge on any atom is -0.481 e. The summed E-state index contributed by atoms with van der Waals surface area (Å²) in [5, 5.41) is 0.179. The topological polar surface area (TPSA) is 35.0 Å². The molecule has 0 saturated heterocycles. The normalized spacial score (nSPS) is 10.0. The zero-order valence-electron chi connectivity index (χ0n) is 6.77. The molecule has 0 fully saturated rings. The van der Waals surface area contributed by atoms with Gasteiger partial charge in [0.2, 0.25) is 11.2 Å². The summed E-state index contributed by atoms with van der Waals surface area (Å²) in [4.78, 5) is 7.81. The van der Waals surface area contributed by atoms with Crippen LogP contribution >= 0.6 is 23.2 Å². The molecule has 0 atom stereocenters. The highest BCUT2D eigenvalue weighted by Gasteiger charge is 2.09. The van der Waals surface area contributed by atoms with Crippen LogP contribution in [0.2, 0.25) is 5.28 Å². The lowest BCUT2D eigenvalue weighted by Gasteiger charge is -2.06. The third-order valence-electron chi connectivity index (χ3n) is 1.48. The van der Waals surface area contributed by atoms with E-state index in [2.05, 4.69) is 9.97 Å². The van der Waals surface area contributed by atoms with Crippen LogP contribution in [0.15, 0.2) is 0 Å². The van der Waals surface area contributed by atoms with Crippen LogP contribution in [0, 0.1) is 6.92 Å². The van der Waals surface area contributed by atoms with Crippen molar-refractivity contribution in [2.45, 2.75) is 12.8 Å². The first-order valence-electron chi connectivity index (χ1n) is 3.32. The van der Waals surface area contributed by atoms with E-state index in [1.807, 2.05) is 6.92 Å². The molecule has 0 aliphatic carbocycles. The van der Waals surface area contributed by atoms with E-state index in [0.717, 1.165) is 11.3 Å². The third kappa shape index (κ3) is 1.79. The van der Waals surface area contributed by atoms with Crippen LogP contribution in [-0.2, 0) is 5.88 Å². The molecule has 5 heteroatoms.